The number of thioether (sulfide) groups is 1. The largest absolute Gasteiger partial charge is 0.336 e. The zero-order valence-electron chi connectivity index (χ0n) is 16.1. The number of piperazine rings is 1. The van der Waals surface area contributed by atoms with E-state index in [1.54, 1.807) is 11.8 Å². The Morgan fingerprint density at radius 2 is 2.15 bits per heavy atom. The molecule has 1 saturated heterocycles. The number of aromatic nitrogens is 2. The first-order chi connectivity index (χ1) is 12.5. The van der Waals surface area contributed by atoms with Crippen LogP contribution in [0.15, 0.2) is 35.5 Å². The zero-order chi connectivity index (χ0) is 18.7. The Kier molecular flexibility index (Phi) is 6.04. The van der Waals surface area contributed by atoms with Gasteiger partial charge in [-0.2, -0.15) is 0 Å². The summed E-state index contributed by atoms with van der Waals surface area (Å²) >= 11 is 1.67. The number of hydrogen-bond acceptors (Lipinski definition) is 4. The number of nitrogens with zero attached hydrogens (tertiary/aromatic N) is 4. The number of aryl methyl sites for hydroxylation is 2. The Morgan fingerprint density at radius 3 is 2.85 bits per heavy atom. The van der Waals surface area contributed by atoms with E-state index in [0.29, 0.717) is 6.04 Å². The van der Waals surface area contributed by atoms with E-state index in [1.807, 2.05) is 42.6 Å². The number of rotatable bonds is 5. The standard InChI is InChI=1S/C20H28N4OS/c1-5-22-9-8-21-19(22)14-23-10-11-24(13-16(23)3)20(25)18-12-17(26-4)7-6-15(18)2/h6-9,12,16H,5,10-11,13-14H2,1-4H3/t16-/m0/s1. The molecule has 0 saturated carbocycles. The molecule has 26 heavy (non-hydrogen) atoms. The maximum Gasteiger partial charge on any atom is 0.254 e. The van der Waals surface area contributed by atoms with Crippen molar-refractivity contribution in [3.05, 3.63) is 47.5 Å². The summed E-state index contributed by atoms with van der Waals surface area (Å²) in [4.78, 5) is 23.1. The summed E-state index contributed by atoms with van der Waals surface area (Å²) in [5, 5.41) is 0. The van der Waals surface area contributed by atoms with Crippen molar-refractivity contribution in [3.63, 3.8) is 0 Å². The summed E-state index contributed by atoms with van der Waals surface area (Å²) in [7, 11) is 0. The molecule has 1 aromatic heterocycles. The normalized spacial score (nSPS) is 18.3. The van der Waals surface area contributed by atoms with Crippen LogP contribution in [0.5, 0.6) is 0 Å². The minimum absolute atomic E-state index is 0.153. The van der Waals surface area contributed by atoms with Crippen LogP contribution in [-0.2, 0) is 13.1 Å². The number of hydrogen-bond donors (Lipinski definition) is 0. The molecule has 1 fully saturated rings. The number of carbonyl (C=O) groups is 1. The van der Waals surface area contributed by atoms with Gasteiger partial charge in [-0.25, -0.2) is 4.98 Å². The number of imidazole rings is 1. The van der Waals surface area contributed by atoms with Gasteiger partial charge in [-0.3, -0.25) is 9.69 Å². The third-order valence-corrected chi connectivity index (χ3v) is 5.94. The van der Waals surface area contributed by atoms with Gasteiger partial charge < -0.3 is 9.47 Å². The Balaban J connectivity index is 1.67. The summed E-state index contributed by atoms with van der Waals surface area (Å²) in [6.45, 7) is 10.5. The van der Waals surface area contributed by atoms with Crippen LogP contribution in [0.2, 0.25) is 0 Å². The summed E-state index contributed by atoms with van der Waals surface area (Å²) in [5.74, 6) is 1.25. The molecule has 3 rings (SSSR count). The van der Waals surface area contributed by atoms with E-state index in [0.717, 1.165) is 54.6 Å². The summed E-state index contributed by atoms with van der Waals surface area (Å²) in [6.07, 6.45) is 5.94. The molecule has 2 heterocycles. The molecule has 0 spiro atoms. The highest BCUT2D eigenvalue weighted by Gasteiger charge is 2.28. The van der Waals surface area contributed by atoms with Crippen molar-refractivity contribution in [1.82, 2.24) is 19.4 Å². The van der Waals surface area contributed by atoms with Crippen molar-refractivity contribution in [1.29, 1.82) is 0 Å². The molecule has 0 bridgehead atoms. The van der Waals surface area contributed by atoms with E-state index in [-0.39, 0.29) is 5.91 Å². The third kappa shape index (κ3) is 3.96. The molecule has 1 aromatic carbocycles. The molecule has 0 radical (unpaired) electrons. The van der Waals surface area contributed by atoms with Crippen molar-refractivity contribution in [2.45, 2.75) is 44.8 Å². The molecular weight excluding hydrogens is 344 g/mol. The second-order valence-corrected chi connectivity index (χ2v) is 7.76. The van der Waals surface area contributed by atoms with Gasteiger partial charge in [-0.1, -0.05) is 6.07 Å². The second kappa shape index (κ2) is 8.27. The van der Waals surface area contributed by atoms with Crippen molar-refractivity contribution in [2.24, 2.45) is 0 Å². The molecule has 6 heteroatoms. The highest BCUT2D eigenvalue weighted by atomic mass is 32.2. The molecule has 1 aliphatic heterocycles. The first-order valence-electron chi connectivity index (χ1n) is 9.21. The van der Waals surface area contributed by atoms with Gasteiger partial charge in [-0.15, -0.1) is 11.8 Å². The monoisotopic (exact) mass is 372 g/mol. The van der Waals surface area contributed by atoms with Crippen molar-refractivity contribution in [3.8, 4) is 0 Å². The number of amides is 1. The first kappa shape index (κ1) is 19.0. The van der Waals surface area contributed by atoms with Gasteiger partial charge in [0.2, 0.25) is 0 Å². The van der Waals surface area contributed by atoms with Crippen molar-refractivity contribution >= 4 is 17.7 Å². The minimum Gasteiger partial charge on any atom is -0.336 e. The van der Waals surface area contributed by atoms with Crippen LogP contribution in [0.3, 0.4) is 0 Å². The number of benzene rings is 1. The fourth-order valence-electron chi connectivity index (χ4n) is 3.50. The average Bonchev–Trinajstić information content (AvgIpc) is 3.10. The fraction of sp³-hybridized carbons (Fsp3) is 0.500. The quantitative estimate of drug-likeness (QED) is 0.756. The van der Waals surface area contributed by atoms with Crippen LogP contribution < -0.4 is 0 Å². The zero-order valence-corrected chi connectivity index (χ0v) is 16.9. The molecule has 0 unspecified atom stereocenters. The van der Waals surface area contributed by atoms with Crippen LogP contribution in [0.1, 0.15) is 35.6 Å². The second-order valence-electron chi connectivity index (χ2n) is 6.88. The van der Waals surface area contributed by atoms with Crippen LogP contribution in [0.4, 0.5) is 0 Å². The fourth-order valence-corrected chi connectivity index (χ4v) is 3.94. The summed E-state index contributed by atoms with van der Waals surface area (Å²) < 4.78 is 2.18. The van der Waals surface area contributed by atoms with E-state index < -0.39 is 0 Å². The smallest absolute Gasteiger partial charge is 0.254 e. The van der Waals surface area contributed by atoms with E-state index in [9.17, 15) is 4.79 Å². The predicted molar refractivity (Wildman–Crippen MR) is 107 cm³/mol. The first-order valence-corrected chi connectivity index (χ1v) is 10.4. The number of carbonyl (C=O) groups excluding carboxylic acids is 1. The van der Waals surface area contributed by atoms with Crippen molar-refractivity contribution in [2.75, 3.05) is 25.9 Å². The van der Waals surface area contributed by atoms with Gasteiger partial charge in [0.25, 0.3) is 5.91 Å². The molecule has 140 valence electrons. The predicted octanol–water partition coefficient (Wildman–Crippen LogP) is 3.28. The van der Waals surface area contributed by atoms with E-state index in [2.05, 4.69) is 34.4 Å². The molecule has 1 amide bonds. The van der Waals surface area contributed by atoms with Gasteiger partial charge in [0.05, 0.1) is 6.54 Å². The molecule has 5 nitrogen and oxygen atoms in total. The maximum atomic E-state index is 13.0. The topological polar surface area (TPSA) is 41.4 Å². The minimum atomic E-state index is 0.153. The molecule has 0 aliphatic carbocycles. The molecular formula is C20H28N4OS. The Hall–Kier alpha value is -1.79. The lowest BCUT2D eigenvalue weighted by molar-refractivity contribution is 0.0485. The van der Waals surface area contributed by atoms with Gasteiger partial charge in [0, 0.05) is 55.1 Å². The third-order valence-electron chi connectivity index (χ3n) is 5.21. The summed E-state index contributed by atoms with van der Waals surface area (Å²) in [6, 6.07) is 6.47. The lowest BCUT2D eigenvalue weighted by Crippen LogP contribution is -2.53. The SMILES string of the molecule is CCn1ccnc1CN1CCN(C(=O)c2cc(SC)ccc2C)C[C@@H]1C. The van der Waals surface area contributed by atoms with Gasteiger partial charge in [0.15, 0.2) is 0 Å². The van der Waals surface area contributed by atoms with Crippen molar-refractivity contribution < 1.29 is 4.79 Å². The lowest BCUT2D eigenvalue weighted by Gasteiger charge is -2.40. The summed E-state index contributed by atoms with van der Waals surface area (Å²) in [5.41, 5.74) is 1.88. The Labute approximate surface area is 160 Å². The van der Waals surface area contributed by atoms with Gasteiger partial charge in [-0.05, 0) is 44.7 Å². The highest BCUT2D eigenvalue weighted by Crippen LogP contribution is 2.22. The molecule has 0 N–H and O–H groups in total. The Bertz CT molecular complexity index is 773. The van der Waals surface area contributed by atoms with E-state index >= 15 is 0 Å². The Morgan fingerprint density at radius 1 is 1.35 bits per heavy atom. The lowest BCUT2D eigenvalue weighted by atomic mass is 10.1. The molecule has 1 aliphatic rings. The van der Waals surface area contributed by atoms with E-state index in [4.69, 9.17) is 0 Å². The van der Waals surface area contributed by atoms with Crippen LogP contribution in [0.25, 0.3) is 0 Å². The highest BCUT2D eigenvalue weighted by molar-refractivity contribution is 7.98. The average molecular weight is 373 g/mol. The van der Waals surface area contributed by atoms with E-state index in [1.165, 1.54) is 0 Å². The molecule has 1 atom stereocenters. The van der Waals surface area contributed by atoms with Gasteiger partial charge >= 0.3 is 0 Å². The van der Waals surface area contributed by atoms with Gasteiger partial charge in [0.1, 0.15) is 5.82 Å². The van der Waals surface area contributed by atoms with Crippen LogP contribution >= 0.6 is 11.8 Å². The molecule has 2 aromatic rings. The van der Waals surface area contributed by atoms with Crippen LogP contribution in [0, 0.1) is 6.92 Å². The maximum absolute atomic E-state index is 13.0. The van der Waals surface area contributed by atoms with Crippen LogP contribution in [-0.4, -0.2) is 57.2 Å².